The minimum atomic E-state index is -0.152. The fourth-order valence-electron chi connectivity index (χ4n) is 0.890. The molecule has 0 saturated carbocycles. The van der Waals surface area contributed by atoms with E-state index in [4.69, 9.17) is 6.11 Å². The number of ketones is 1. The summed E-state index contributed by atoms with van der Waals surface area (Å²) in [6, 6.07) is 0. The second kappa shape index (κ2) is 2.48. The van der Waals surface area contributed by atoms with Gasteiger partial charge in [0.25, 0.3) is 0 Å². The molecular formula is C7H12O2. The van der Waals surface area contributed by atoms with Crippen LogP contribution in [0.1, 0.15) is 21.6 Å². The van der Waals surface area contributed by atoms with Crippen LogP contribution < -0.4 is 0 Å². The first-order valence-electron chi connectivity index (χ1n) is 3.90. The molecular weight excluding hydrogens is 116 g/mol. The van der Waals surface area contributed by atoms with Gasteiger partial charge in [0, 0.05) is 13.7 Å². The van der Waals surface area contributed by atoms with Gasteiger partial charge in [-0.15, -0.1) is 0 Å². The van der Waals surface area contributed by atoms with Crippen molar-refractivity contribution in [3.05, 3.63) is 0 Å². The molecule has 0 radical (unpaired) electrons. The number of rotatable bonds is 0. The van der Waals surface area contributed by atoms with Crippen LogP contribution in [0.5, 0.6) is 0 Å². The van der Waals surface area contributed by atoms with Crippen molar-refractivity contribution in [2.24, 2.45) is 5.92 Å². The van der Waals surface area contributed by atoms with Crippen LogP contribution in [0.25, 0.3) is 0 Å². The zero-order valence-corrected chi connectivity index (χ0v) is 5.59. The Balaban J connectivity index is 2.51. The highest BCUT2D eigenvalue weighted by Gasteiger charge is 2.24. The fourth-order valence-corrected chi connectivity index (χ4v) is 0.890. The summed E-state index contributed by atoms with van der Waals surface area (Å²) in [6.07, 6.45) is 0.374. The molecule has 2 nitrogen and oxygen atoms in total. The van der Waals surface area contributed by atoms with Gasteiger partial charge >= 0.3 is 0 Å². The number of carbonyl (C=O) groups is 1. The minimum absolute atomic E-state index is 0.0637. The standard InChI is InChI=1S/C7H12O2/c1-5-6(2)9-4-3-7(5)8/h5-6H,3-4H2,1-2H3/t5-,6-/m1/s1/i2D. The van der Waals surface area contributed by atoms with E-state index in [1.165, 1.54) is 0 Å². The second-order valence-corrected chi connectivity index (χ2v) is 2.41. The maximum Gasteiger partial charge on any atom is 0.140 e. The van der Waals surface area contributed by atoms with E-state index in [0.29, 0.717) is 13.0 Å². The highest BCUT2D eigenvalue weighted by molar-refractivity contribution is 5.81. The van der Waals surface area contributed by atoms with E-state index in [9.17, 15) is 4.79 Å². The first-order chi connectivity index (χ1) is 4.75. The van der Waals surface area contributed by atoms with Gasteiger partial charge in [-0.1, -0.05) is 6.92 Å². The molecule has 1 aliphatic rings. The minimum Gasteiger partial charge on any atom is -0.377 e. The van der Waals surface area contributed by atoms with Crippen molar-refractivity contribution in [2.75, 3.05) is 6.61 Å². The van der Waals surface area contributed by atoms with E-state index in [-0.39, 0.29) is 24.7 Å². The molecule has 0 aromatic heterocycles. The summed E-state index contributed by atoms with van der Waals surface area (Å²) < 4.78 is 12.2. The first kappa shape index (κ1) is 5.42. The monoisotopic (exact) mass is 129 g/mol. The summed E-state index contributed by atoms with van der Waals surface area (Å²) >= 11 is 0. The third-order valence-electron chi connectivity index (χ3n) is 1.75. The molecule has 0 spiro atoms. The molecule has 1 aliphatic heterocycles. The SMILES string of the molecule is [2H]C[C@H]1OCCC(=O)[C@@H]1C. The molecule has 0 aromatic carbocycles. The molecule has 0 amide bonds. The average Bonchev–Trinajstić information content (AvgIpc) is 1.95. The van der Waals surface area contributed by atoms with E-state index >= 15 is 0 Å². The predicted octanol–water partition coefficient (Wildman–Crippen LogP) is 1.00. The molecule has 1 fully saturated rings. The lowest BCUT2D eigenvalue weighted by atomic mass is 9.96. The smallest absolute Gasteiger partial charge is 0.140 e. The van der Waals surface area contributed by atoms with E-state index in [1.54, 1.807) is 0 Å². The van der Waals surface area contributed by atoms with Gasteiger partial charge in [0.2, 0.25) is 0 Å². The summed E-state index contributed by atoms with van der Waals surface area (Å²) in [5.41, 5.74) is 0. The maximum absolute atomic E-state index is 11.0. The Morgan fingerprint density at radius 2 is 2.67 bits per heavy atom. The number of ether oxygens (including phenoxy) is 1. The molecule has 1 rings (SSSR count). The van der Waals surface area contributed by atoms with Crippen LogP contribution in [-0.4, -0.2) is 18.5 Å². The van der Waals surface area contributed by atoms with Crippen LogP contribution in [0.2, 0.25) is 0 Å². The Kier molecular flexibility index (Phi) is 1.49. The summed E-state index contributed by atoms with van der Waals surface area (Å²) in [5, 5.41) is 0. The van der Waals surface area contributed by atoms with Crippen molar-refractivity contribution >= 4 is 5.78 Å². The van der Waals surface area contributed by atoms with Crippen LogP contribution in [0.3, 0.4) is 0 Å². The van der Waals surface area contributed by atoms with Gasteiger partial charge in [0.15, 0.2) is 0 Å². The lowest BCUT2D eigenvalue weighted by Gasteiger charge is -2.24. The van der Waals surface area contributed by atoms with Gasteiger partial charge in [-0.25, -0.2) is 0 Å². The number of carbonyl (C=O) groups excluding carboxylic acids is 1. The predicted molar refractivity (Wildman–Crippen MR) is 34.2 cm³/mol. The summed E-state index contributed by atoms with van der Waals surface area (Å²) in [7, 11) is 0. The van der Waals surface area contributed by atoms with Crippen molar-refractivity contribution in [1.29, 1.82) is 0 Å². The van der Waals surface area contributed by atoms with Crippen LogP contribution in [0, 0.1) is 5.92 Å². The van der Waals surface area contributed by atoms with Crippen molar-refractivity contribution in [2.45, 2.75) is 26.3 Å². The zero-order chi connectivity index (χ0) is 7.56. The molecule has 0 unspecified atom stereocenters. The lowest BCUT2D eigenvalue weighted by Crippen LogP contribution is -2.32. The third-order valence-corrected chi connectivity index (χ3v) is 1.75. The molecule has 0 aromatic rings. The highest BCUT2D eigenvalue weighted by Crippen LogP contribution is 2.15. The molecule has 1 saturated heterocycles. The van der Waals surface area contributed by atoms with E-state index < -0.39 is 0 Å². The Hall–Kier alpha value is -0.370. The number of hydrogen-bond acceptors (Lipinski definition) is 2. The molecule has 9 heavy (non-hydrogen) atoms. The molecule has 52 valence electrons. The highest BCUT2D eigenvalue weighted by atomic mass is 16.5. The summed E-state index contributed by atoms with van der Waals surface area (Å²) in [6.45, 7) is 2.54. The maximum atomic E-state index is 11.0. The first-order valence-corrected chi connectivity index (χ1v) is 3.19. The van der Waals surface area contributed by atoms with Crippen molar-refractivity contribution in [3.8, 4) is 0 Å². The summed E-state index contributed by atoms with van der Waals surface area (Å²) in [4.78, 5) is 11.0. The van der Waals surface area contributed by atoms with Gasteiger partial charge in [-0.2, -0.15) is 0 Å². The van der Waals surface area contributed by atoms with Gasteiger partial charge in [-0.05, 0) is 6.90 Å². The molecule has 1 heterocycles. The average molecular weight is 129 g/mol. The molecule has 0 N–H and O–H groups in total. The van der Waals surface area contributed by atoms with Gasteiger partial charge < -0.3 is 4.74 Å². The Morgan fingerprint density at radius 3 is 3.22 bits per heavy atom. The molecule has 0 aliphatic carbocycles. The van der Waals surface area contributed by atoms with Crippen LogP contribution in [0.15, 0.2) is 0 Å². The normalized spacial score (nSPS) is 38.3. The fraction of sp³-hybridized carbons (Fsp3) is 0.857. The van der Waals surface area contributed by atoms with Gasteiger partial charge in [0.1, 0.15) is 5.78 Å². The third kappa shape index (κ3) is 1.30. The Morgan fingerprint density at radius 1 is 1.89 bits per heavy atom. The molecule has 2 heteroatoms. The van der Waals surface area contributed by atoms with Crippen LogP contribution >= 0.6 is 0 Å². The Bertz CT molecular complexity index is 136. The van der Waals surface area contributed by atoms with Gasteiger partial charge in [0.05, 0.1) is 12.7 Å². The zero-order valence-electron chi connectivity index (χ0n) is 6.59. The van der Waals surface area contributed by atoms with Crippen molar-refractivity contribution in [1.82, 2.24) is 0 Å². The van der Waals surface area contributed by atoms with E-state index in [1.807, 2.05) is 6.92 Å². The molecule has 2 atom stereocenters. The van der Waals surface area contributed by atoms with Crippen molar-refractivity contribution in [3.63, 3.8) is 0 Å². The molecule has 0 bridgehead atoms. The lowest BCUT2D eigenvalue weighted by molar-refractivity contribution is -0.134. The largest absolute Gasteiger partial charge is 0.377 e. The number of hydrogen-bond donors (Lipinski definition) is 0. The summed E-state index contributed by atoms with van der Waals surface area (Å²) in [5.74, 6) is 0.176. The number of Topliss-reactive ketones (excluding diaryl/α,β-unsaturated/α-hetero) is 1. The van der Waals surface area contributed by atoms with Crippen molar-refractivity contribution < 1.29 is 10.9 Å². The van der Waals surface area contributed by atoms with Crippen LogP contribution in [0.4, 0.5) is 0 Å². The topological polar surface area (TPSA) is 26.3 Å². The van der Waals surface area contributed by atoms with E-state index in [2.05, 4.69) is 0 Å². The van der Waals surface area contributed by atoms with Crippen LogP contribution in [-0.2, 0) is 9.53 Å². The van der Waals surface area contributed by atoms with E-state index in [0.717, 1.165) is 0 Å². The quantitative estimate of drug-likeness (QED) is 0.487. The Labute approximate surface area is 56.6 Å². The second-order valence-electron chi connectivity index (χ2n) is 2.41. The van der Waals surface area contributed by atoms with Gasteiger partial charge in [-0.3, -0.25) is 4.79 Å².